The van der Waals surface area contributed by atoms with Gasteiger partial charge in [0.15, 0.2) is 5.58 Å². The third kappa shape index (κ3) is 2.62. The van der Waals surface area contributed by atoms with Crippen LogP contribution in [0.25, 0.3) is 11.1 Å². The number of benzene rings is 2. The van der Waals surface area contributed by atoms with Gasteiger partial charge in [0.25, 0.3) is 10.7 Å². The first kappa shape index (κ1) is 12.6. The zero-order valence-corrected chi connectivity index (χ0v) is 11.4. The summed E-state index contributed by atoms with van der Waals surface area (Å²) in [5, 5.41) is 2.87. The van der Waals surface area contributed by atoms with E-state index in [0.29, 0.717) is 22.5 Å². The standard InChI is InChI=1S/C15H12N2O2S/c18-14(16-9-10-4-2-1-3-5-10)11-6-7-12-13(8-11)19-15(20)17-12/h1-8H,9H2,(H,16,18)(H,17,20). The first-order valence-corrected chi connectivity index (χ1v) is 6.58. The lowest BCUT2D eigenvalue weighted by atomic mass is 10.2. The van der Waals surface area contributed by atoms with E-state index in [2.05, 4.69) is 10.3 Å². The van der Waals surface area contributed by atoms with Crippen molar-refractivity contribution in [3.8, 4) is 0 Å². The second-order valence-electron chi connectivity index (χ2n) is 4.39. The molecule has 0 aliphatic carbocycles. The molecule has 20 heavy (non-hydrogen) atoms. The molecule has 0 saturated heterocycles. The maximum Gasteiger partial charge on any atom is 0.266 e. The molecular formula is C15H12N2O2S. The predicted octanol–water partition coefficient (Wildman–Crippen LogP) is 3.42. The summed E-state index contributed by atoms with van der Waals surface area (Å²) in [6, 6.07) is 15.0. The molecule has 0 atom stereocenters. The minimum absolute atomic E-state index is 0.141. The van der Waals surface area contributed by atoms with Crippen molar-refractivity contribution in [2.75, 3.05) is 0 Å². The van der Waals surface area contributed by atoms with Crippen LogP contribution in [-0.4, -0.2) is 10.9 Å². The number of carbonyl (C=O) groups is 1. The fourth-order valence-corrected chi connectivity index (χ4v) is 2.17. The van der Waals surface area contributed by atoms with Crippen molar-refractivity contribution < 1.29 is 9.21 Å². The number of nitrogens with one attached hydrogen (secondary N) is 2. The van der Waals surface area contributed by atoms with Crippen LogP contribution in [0.2, 0.25) is 0 Å². The van der Waals surface area contributed by atoms with E-state index in [1.807, 2.05) is 30.3 Å². The highest BCUT2D eigenvalue weighted by atomic mass is 32.1. The summed E-state index contributed by atoms with van der Waals surface area (Å²) < 4.78 is 5.30. The van der Waals surface area contributed by atoms with Gasteiger partial charge < -0.3 is 14.7 Å². The molecule has 0 saturated carbocycles. The van der Waals surface area contributed by atoms with Gasteiger partial charge in [-0.3, -0.25) is 4.79 Å². The van der Waals surface area contributed by atoms with Gasteiger partial charge in [-0.15, -0.1) is 0 Å². The van der Waals surface area contributed by atoms with Gasteiger partial charge in [-0.1, -0.05) is 30.3 Å². The lowest BCUT2D eigenvalue weighted by Gasteiger charge is -2.05. The Morgan fingerprint density at radius 3 is 2.80 bits per heavy atom. The first-order valence-electron chi connectivity index (χ1n) is 6.17. The van der Waals surface area contributed by atoms with E-state index >= 15 is 0 Å². The van der Waals surface area contributed by atoms with Crippen LogP contribution in [-0.2, 0) is 6.54 Å². The molecule has 2 aromatic carbocycles. The summed E-state index contributed by atoms with van der Waals surface area (Å²) in [5.41, 5.74) is 2.98. The molecule has 0 radical (unpaired) electrons. The Labute approximate surface area is 120 Å². The molecule has 1 heterocycles. The van der Waals surface area contributed by atoms with Crippen LogP contribution in [0.1, 0.15) is 15.9 Å². The number of rotatable bonds is 3. The molecular weight excluding hydrogens is 272 g/mol. The molecule has 0 bridgehead atoms. The fraction of sp³-hybridized carbons (Fsp3) is 0.0667. The lowest BCUT2D eigenvalue weighted by molar-refractivity contribution is 0.0951. The highest BCUT2D eigenvalue weighted by Crippen LogP contribution is 2.15. The number of fused-ring (bicyclic) bond motifs is 1. The van der Waals surface area contributed by atoms with Gasteiger partial charge in [-0.05, 0) is 36.0 Å². The highest BCUT2D eigenvalue weighted by Gasteiger charge is 2.08. The van der Waals surface area contributed by atoms with Gasteiger partial charge in [0.1, 0.15) is 0 Å². The average molecular weight is 284 g/mol. The quantitative estimate of drug-likeness (QED) is 0.724. The monoisotopic (exact) mass is 284 g/mol. The van der Waals surface area contributed by atoms with Crippen LogP contribution in [0.5, 0.6) is 0 Å². The molecule has 4 nitrogen and oxygen atoms in total. The fourth-order valence-electron chi connectivity index (χ4n) is 1.97. The first-order chi connectivity index (χ1) is 9.72. The predicted molar refractivity (Wildman–Crippen MR) is 79.0 cm³/mol. The smallest absolute Gasteiger partial charge is 0.266 e. The molecule has 3 rings (SSSR count). The molecule has 1 amide bonds. The second-order valence-corrected chi connectivity index (χ2v) is 4.76. The summed E-state index contributed by atoms with van der Waals surface area (Å²) >= 11 is 4.91. The summed E-state index contributed by atoms with van der Waals surface area (Å²) in [5.74, 6) is -0.141. The molecule has 0 aliphatic rings. The molecule has 1 aromatic heterocycles. The Bertz CT molecular complexity index is 805. The topological polar surface area (TPSA) is 58.0 Å². The maximum absolute atomic E-state index is 12.1. The zero-order chi connectivity index (χ0) is 13.9. The lowest BCUT2D eigenvalue weighted by Crippen LogP contribution is -2.22. The number of aromatic nitrogens is 1. The number of H-pyrrole nitrogens is 1. The molecule has 3 aromatic rings. The van der Waals surface area contributed by atoms with E-state index in [4.69, 9.17) is 16.6 Å². The normalized spacial score (nSPS) is 10.6. The Kier molecular flexibility index (Phi) is 3.35. The van der Waals surface area contributed by atoms with Crippen LogP contribution >= 0.6 is 12.2 Å². The van der Waals surface area contributed by atoms with Crippen LogP contribution in [0.3, 0.4) is 0 Å². The number of amides is 1. The van der Waals surface area contributed by atoms with Crippen molar-refractivity contribution in [1.29, 1.82) is 0 Å². The third-order valence-corrected chi connectivity index (χ3v) is 3.16. The highest BCUT2D eigenvalue weighted by molar-refractivity contribution is 7.71. The zero-order valence-electron chi connectivity index (χ0n) is 10.6. The van der Waals surface area contributed by atoms with Crippen molar-refractivity contribution >= 4 is 29.2 Å². The van der Waals surface area contributed by atoms with Crippen molar-refractivity contribution in [2.45, 2.75) is 6.54 Å². The van der Waals surface area contributed by atoms with Gasteiger partial charge in [0.05, 0.1) is 5.52 Å². The summed E-state index contributed by atoms with van der Waals surface area (Å²) in [6.07, 6.45) is 0. The summed E-state index contributed by atoms with van der Waals surface area (Å²) in [6.45, 7) is 0.494. The molecule has 0 spiro atoms. The Morgan fingerprint density at radius 2 is 2.00 bits per heavy atom. The van der Waals surface area contributed by atoms with Crippen molar-refractivity contribution in [2.24, 2.45) is 0 Å². The van der Waals surface area contributed by atoms with Crippen LogP contribution < -0.4 is 5.32 Å². The van der Waals surface area contributed by atoms with Crippen molar-refractivity contribution in [3.05, 3.63) is 64.5 Å². The minimum atomic E-state index is -0.141. The summed E-state index contributed by atoms with van der Waals surface area (Å²) in [7, 11) is 0. The van der Waals surface area contributed by atoms with E-state index in [1.165, 1.54) is 0 Å². The number of carbonyl (C=O) groups excluding carboxylic acids is 1. The molecule has 0 fully saturated rings. The third-order valence-electron chi connectivity index (χ3n) is 2.98. The molecule has 2 N–H and O–H groups in total. The van der Waals surface area contributed by atoms with E-state index in [-0.39, 0.29) is 5.91 Å². The minimum Gasteiger partial charge on any atom is -0.429 e. The molecule has 100 valence electrons. The van der Waals surface area contributed by atoms with Crippen molar-refractivity contribution in [1.82, 2.24) is 10.3 Å². The Balaban J connectivity index is 1.76. The SMILES string of the molecule is O=C(NCc1ccccc1)c1ccc2[nH]c(=S)oc2c1. The van der Waals surface area contributed by atoms with Gasteiger partial charge >= 0.3 is 0 Å². The average Bonchev–Trinajstić information content (AvgIpc) is 2.85. The molecule has 0 unspecified atom stereocenters. The van der Waals surface area contributed by atoms with Crippen LogP contribution in [0.15, 0.2) is 52.9 Å². The van der Waals surface area contributed by atoms with E-state index in [1.54, 1.807) is 18.2 Å². The second kappa shape index (κ2) is 5.30. The maximum atomic E-state index is 12.1. The van der Waals surface area contributed by atoms with E-state index in [0.717, 1.165) is 11.1 Å². The Morgan fingerprint density at radius 1 is 1.20 bits per heavy atom. The number of aromatic amines is 1. The molecule has 0 aliphatic heterocycles. The van der Waals surface area contributed by atoms with Gasteiger partial charge in [-0.2, -0.15) is 0 Å². The van der Waals surface area contributed by atoms with E-state index in [9.17, 15) is 4.79 Å². The number of hydrogen-bond donors (Lipinski definition) is 2. The summed E-state index contributed by atoms with van der Waals surface area (Å²) in [4.78, 5) is 15.3. The molecule has 5 heteroatoms. The van der Waals surface area contributed by atoms with Crippen LogP contribution in [0, 0.1) is 4.84 Å². The van der Waals surface area contributed by atoms with Gasteiger partial charge in [0.2, 0.25) is 0 Å². The van der Waals surface area contributed by atoms with Crippen molar-refractivity contribution in [3.63, 3.8) is 0 Å². The van der Waals surface area contributed by atoms with Crippen LogP contribution in [0.4, 0.5) is 0 Å². The largest absolute Gasteiger partial charge is 0.429 e. The van der Waals surface area contributed by atoms with E-state index < -0.39 is 0 Å². The number of oxazole rings is 1. The van der Waals surface area contributed by atoms with Gasteiger partial charge in [-0.25, -0.2) is 0 Å². The van der Waals surface area contributed by atoms with Gasteiger partial charge in [0, 0.05) is 12.1 Å². The number of hydrogen-bond acceptors (Lipinski definition) is 3. The Hall–Kier alpha value is -2.40.